The van der Waals surface area contributed by atoms with E-state index in [2.05, 4.69) is 10.0 Å². The van der Waals surface area contributed by atoms with Gasteiger partial charge in [-0.25, -0.2) is 8.42 Å². The molecular weight excluding hydrogens is 545 g/mol. The lowest BCUT2D eigenvalue weighted by Crippen LogP contribution is -2.35. The van der Waals surface area contributed by atoms with E-state index < -0.39 is 33.1 Å². The molecule has 1 fully saturated rings. The summed E-state index contributed by atoms with van der Waals surface area (Å²) in [7, 11) is -4.19. The van der Waals surface area contributed by atoms with Crippen LogP contribution in [0.5, 0.6) is 5.75 Å². The van der Waals surface area contributed by atoms with Crippen LogP contribution in [-0.2, 0) is 16.2 Å². The minimum Gasteiger partial charge on any atom is -0.485 e. The second-order valence-electron chi connectivity index (χ2n) is 9.23. The fourth-order valence-corrected chi connectivity index (χ4v) is 6.55. The molecule has 1 atom stereocenters. The van der Waals surface area contributed by atoms with Crippen molar-refractivity contribution in [2.75, 3.05) is 17.8 Å². The van der Waals surface area contributed by atoms with E-state index in [0.29, 0.717) is 19.5 Å². The number of anilines is 1. The standard InChI is InChI=1S/C26H26ClF3N2O3S2/c1-16-4-6-19(12-17(16)2)36-20-7-9-24(22(27)14-20)37(33,34)32-18-5-8-21(26(28,29)30)23(13-18)35-25(3)10-11-31-15-25/h4-9,12-14,31-32H,10-11,15H2,1-3H3/t25-/m1/s1. The van der Waals surface area contributed by atoms with Crippen LogP contribution in [-0.4, -0.2) is 27.1 Å². The van der Waals surface area contributed by atoms with Crippen LogP contribution in [0.1, 0.15) is 30.0 Å². The molecule has 3 aromatic carbocycles. The van der Waals surface area contributed by atoms with Gasteiger partial charge < -0.3 is 10.1 Å². The van der Waals surface area contributed by atoms with Crippen LogP contribution in [0.4, 0.5) is 18.9 Å². The molecular formula is C26H26ClF3N2O3S2. The maximum atomic E-state index is 13.6. The van der Waals surface area contributed by atoms with E-state index in [-0.39, 0.29) is 15.6 Å². The Morgan fingerprint density at radius 1 is 1.03 bits per heavy atom. The van der Waals surface area contributed by atoms with Crippen LogP contribution >= 0.6 is 23.4 Å². The number of aryl methyl sites for hydroxylation is 2. The van der Waals surface area contributed by atoms with Crippen LogP contribution in [0.25, 0.3) is 0 Å². The van der Waals surface area contributed by atoms with Crippen molar-refractivity contribution in [3.63, 3.8) is 0 Å². The van der Waals surface area contributed by atoms with Crippen molar-refractivity contribution in [1.29, 1.82) is 0 Å². The first-order chi connectivity index (χ1) is 17.3. The summed E-state index contributed by atoms with van der Waals surface area (Å²) in [6.45, 7) is 6.73. The van der Waals surface area contributed by atoms with Gasteiger partial charge >= 0.3 is 6.18 Å². The Morgan fingerprint density at radius 3 is 2.35 bits per heavy atom. The average molecular weight is 571 g/mol. The molecule has 1 aliphatic rings. The molecule has 1 saturated heterocycles. The summed E-state index contributed by atoms with van der Waals surface area (Å²) in [6, 6.07) is 13.5. The number of nitrogens with one attached hydrogen (secondary N) is 2. The fourth-order valence-electron chi connectivity index (χ4n) is 3.94. The molecule has 5 nitrogen and oxygen atoms in total. The first kappa shape index (κ1) is 27.6. The van der Waals surface area contributed by atoms with Crippen molar-refractivity contribution in [3.8, 4) is 5.75 Å². The van der Waals surface area contributed by atoms with Gasteiger partial charge in [-0.3, -0.25) is 4.72 Å². The van der Waals surface area contributed by atoms with Crippen LogP contribution < -0.4 is 14.8 Å². The topological polar surface area (TPSA) is 67.4 Å². The Bertz CT molecular complexity index is 1420. The minimum atomic E-state index is -4.66. The summed E-state index contributed by atoms with van der Waals surface area (Å²) in [4.78, 5) is 1.54. The van der Waals surface area contributed by atoms with E-state index >= 15 is 0 Å². The molecule has 2 N–H and O–H groups in total. The van der Waals surface area contributed by atoms with Crippen molar-refractivity contribution < 1.29 is 26.3 Å². The first-order valence-corrected chi connectivity index (χ1v) is 14.1. The molecule has 198 valence electrons. The number of benzene rings is 3. The monoisotopic (exact) mass is 570 g/mol. The van der Waals surface area contributed by atoms with E-state index in [1.165, 1.54) is 23.4 Å². The molecule has 0 saturated carbocycles. The van der Waals surface area contributed by atoms with E-state index in [9.17, 15) is 21.6 Å². The SMILES string of the molecule is Cc1ccc(Sc2ccc(S(=O)(=O)Nc3ccc(C(F)(F)F)c(O[C@]4(C)CCNC4)c3)c(Cl)c2)cc1C. The van der Waals surface area contributed by atoms with Gasteiger partial charge in [0.05, 0.1) is 16.3 Å². The van der Waals surface area contributed by atoms with Gasteiger partial charge in [0.25, 0.3) is 10.0 Å². The number of halogens is 4. The quantitative estimate of drug-likeness (QED) is 0.318. The molecule has 0 amide bonds. The normalized spacial score (nSPS) is 18.1. The van der Waals surface area contributed by atoms with Gasteiger partial charge in [-0.1, -0.05) is 29.4 Å². The highest BCUT2D eigenvalue weighted by molar-refractivity contribution is 7.99. The van der Waals surface area contributed by atoms with Crippen LogP contribution in [0, 0.1) is 13.8 Å². The van der Waals surface area contributed by atoms with Gasteiger partial charge in [-0.05, 0) is 80.9 Å². The maximum Gasteiger partial charge on any atom is 0.419 e. The van der Waals surface area contributed by atoms with Gasteiger partial charge in [-0.2, -0.15) is 13.2 Å². The summed E-state index contributed by atoms with van der Waals surface area (Å²) in [5.41, 5.74) is 0.416. The zero-order chi connectivity index (χ0) is 27.0. The zero-order valence-corrected chi connectivity index (χ0v) is 22.8. The second-order valence-corrected chi connectivity index (χ2v) is 12.4. The smallest absolute Gasteiger partial charge is 0.419 e. The molecule has 0 unspecified atom stereocenters. The van der Waals surface area contributed by atoms with E-state index in [1.807, 2.05) is 32.0 Å². The number of alkyl halides is 3. The van der Waals surface area contributed by atoms with E-state index in [4.69, 9.17) is 16.3 Å². The third-order valence-electron chi connectivity index (χ3n) is 6.13. The van der Waals surface area contributed by atoms with Gasteiger partial charge in [0, 0.05) is 28.8 Å². The summed E-state index contributed by atoms with van der Waals surface area (Å²) in [5, 5.41) is 3.06. The van der Waals surface area contributed by atoms with Crippen LogP contribution in [0.3, 0.4) is 0 Å². The van der Waals surface area contributed by atoms with Gasteiger partial charge in [0.1, 0.15) is 16.2 Å². The largest absolute Gasteiger partial charge is 0.485 e. The highest BCUT2D eigenvalue weighted by Crippen LogP contribution is 2.40. The van der Waals surface area contributed by atoms with E-state index in [0.717, 1.165) is 33.6 Å². The Hall–Kier alpha value is -2.40. The van der Waals surface area contributed by atoms with Crippen molar-refractivity contribution >= 4 is 39.1 Å². The third kappa shape index (κ3) is 6.54. The summed E-state index contributed by atoms with van der Waals surface area (Å²) >= 11 is 7.78. The molecule has 3 aromatic rings. The lowest BCUT2D eigenvalue weighted by Gasteiger charge is -2.27. The Balaban J connectivity index is 1.58. The second kappa shape index (κ2) is 10.4. The zero-order valence-electron chi connectivity index (χ0n) is 20.4. The number of hydrogen-bond acceptors (Lipinski definition) is 5. The molecule has 4 rings (SSSR count). The van der Waals surface area contributed by atoms with Crippen molar-refractivity contribution in [2.24, 2.45) is 0 Å². The molecule has 0 bridgehead atoms. The van der Waals surface area contributed by atoms with Crippen molar-refractivity contribution in [1.82, 2.24) is 5.32 Å². The van der Waals surface area contributed by atoms with Gasteiger partial charge in [-0.15, -0.1) is 0 Å². The van der Waals surface area contributed by atoms with Crippen LogP contribution in [0.15, 0.2) is 69.3 Å². The summed E-state index contributed by atoms with van der Waals surface area (Å²) in [5.74, 6) is -0.440. The summed E-state index contributed by atoms with van der Waals surface area (Å²) in [6.07, 6.45) is -4.15. The Morgan fingerprint density at radius 2 is 1.73 bits per heavy atom. The number of sulfonamides is 1. The lowest BCUT2D eigenvalue weighted by atomic mass is 10.1. The molecule has 1 aliphatic heterocycles. The number of rotatable bonds is 7. The molecule has 37 heavy (non-hydrogen) atoms. The van der Waals surface area contributed by atoms with Crippen molar-refractivity contribution in [2.45, 2.75) is 53.7 Å². The van der Waals surface area contributed by atoms with Gasteiger partial charge in [0.15, 0.2) is 0 Å². The third-order valence-corrected chi connectivity index (χ3v) is 8.98. The van der Waals surface area contributed by atoms with Crippen molar-refractivity contribution in [3.05, 3.63) is 76.3 Å². The maximum absolute atomic E-state index is 13.6. The predicted octanol–water partition coefficient (Wildman–Crippen LogP) is 7.06. The molecule has 11 heteroatoms. The Labute approximate surface area is 223 Å². The highest BCUT2D eigenvalue weighted by Gasteiger charge is 2.38. The number of hydrogen-bond donors (Lipinski definition) is 2. The average Bonchev–Trinajstić information content (AvgIpc) is 3.21. The molecule has 1 heterocycles. The lowest BCUT2D eigenvalue weighted by molar-refractivity contribution is -0.139. The molecule has 0 radical (unpaired) electrons. The Kier molecular flexibility index (Phi) is 7.77. The highest BCUT2D eigenvalue weighted by atomic mass is 35.5. The fraction of sp³-hybridized carbons (Fsp3) is 0.308. The van der Waals surface area contributed by atoms with E-state index in [1.54, 1.807) is 19.1 Å². The van der Waals surface area contributed by atoms with Gasteiger partial charge in [0.2, 0.25) is 0 Å². The number of ether oxygens (including phenoxy) is 1. The molecule has 0 spiro atoms. The predicted molar refractivity (Wildman–Crippen MR) is 140 cm³/mol. The summed E-state index contributed by atoms with van der Waals surface area (Å²) < 4.78 is 75.1. The van der Waals surface area contributed by atoms with Crippen LogP contribution in [0.2, 0.25) is 5.02 Å². The minimum absolute atomic E-state index is 0.00531. The molecule has 0 aromatic heterocycles. The first-order valence-electron chi connectivity index (χ1n) is 11.4. The molecule has 0 aliphatic carbocycles.